The van der Waals surface area contributed by atoms with Crippen molar-refractivity contribution in [2.45, 2.75) is 31.3 Å². The highest BCUT2D eigenvalue weighted by atomic mass is 16.6. The fourth-order valence-corrected chi connectivity index (χ4v) is 2.31. The van der Waals surface area contributed by atoms with Crippen LogP contribution < -0.4 is 11.1 Å². The Labute approximate surface area is 105 Å². The number of nitro groups is 1. The number of aliphatic hydroxyl groups is 1. The van der Waals surface area contributed by atoms with Crippen molar-refractivity contribution >= 4 is 17.1 Å². The van der Waals surface area contributed by atoms with Gasteiger partial charge in [0.2, 0.25) is 0 Å². The van der Waals surface area contributed by atoms with Crippen LogP contribution in [-0.2, 0) is 0 Å². The molecule has 0 atom stereocenters. The topological polar surface area (TPSA) is 101 Å². The van der Waals surface area contributed by atoms with Gasteiger partial charge in [-0.3, -0.25) is 10.1 Å². The number of nitro benzene ring substituents is 1. The van der Waals surface area contributed by atoms with E-state index in [9.17, 15) is 15.2 Å². The third-order valence-corrected chi connectivity index (χ3v) is 3.38. The molecule has 0 heterocycles. The maximum absolute atomic E-state index is 10.6. The van der Waals surface area contributed by atoms with E-state index in [4.69, 9.17) is 5.73 Å². The van der Waals surface area contributed by atoms with E-state index in [1.807, 2.05) is 0 Å². The molecule has 0 saturated heterocycles. The van der Waals surface area contributed by atoms with Gasteiger partial charge in [0.05, 0.1) is 10.5 Å². The van der Waals surface area contributed by atoms with Gasteiger partial charge in [0, 0.05) is 18.3 Å². The van der Waals surface area contributed by atoms with Crippen LogP contribution in [0.2, 0.25) is 0 Å². The summed E-state index contributed by atoms with van der Waals surface area (Å²) in [4.78, 5) is 10.1. The summed E-state index contributed by atoms with van der Waals surface area (Å²) in [5.74, 6) is 0. The normalized spacial score (nSPS) is 17.6. The van der Waals surface area contributed by atoms with Crippen LogP contribution in [-0.4, -0.2) is 22.2 Å². The van der Waals surface area contributed by atoms with Crippen molar-refractivity contribution in [3.63, 3.8) is 0 Å². The van der Waals surface area contributed by atoms with E-state index in [-0.39, 0.29) is 11.4 Å². The van der Waals surface area contributed by atoms with Crippen LogP contribution in [0.5, 0.6) is 0 Å². The lowest BCUT2D eigenvalue weighted by Gasteiger charge is -2.23. The second kappa shape index (κ2) is 4.81. The molecule has 0 unspecified atom stereocenters. The highest BCUT2D eigenvalue weighted by molar-refractivity contribution is 5.65. The summed E-state index contributed by atoms with van der Waals surface area (Å²) < 4.78 is 0. The summed E-state index contributed by atoms with van der Waals surface area (Å²) in [5.41, 5.74) is 5.66. The highest BCUT2D eigenvalue weighted by Crippen LogP contribution is 2.30. The highest BCUT2D eigenvalue weighted by Gasteiger charge is 2.30. The lowest BCUT2D eigenvalue weighted by Crippen LogP contribution is -2.33. The SMILES string of the molecule is Nc1cc(NCC2(O)CCCC2)ccc1[N+](=O)[O-]. The number of rotatable bonds is 4. The van der Waals surface area contributed by atoms with Crippen LogP contribution in [0, 0.1) is 10.1 Å². The summed E-state index contributed by atoms with van der Waals surface area (Å²) in [7, 11) is 0. The molecule has 1 saturated carbocycles. The zero-order valence-electron chi connectivity index (χ0n) is 10.1. The Morgan fingerprint density at radius 2 is 2.11 bits per heavy atom. The van der Waals surface area contributed by atoms with Crippen molar-refractivity contribution < 1.29 is 10.0 Å². The van der Waals surface area contributed by atoms with Gasteiger partial charge in [-0.1, -0.05) is 12.8 Å². The number of benzene rings is 1. The molecular weight excluding hydrogens is 234 g/mol. The summed E-state index contributed by atoms with van der Waals surface area (Å²) in [6, 6.07) is 4.50. The van der Waals surface area contributed by atoms with E-state index in [2.05, 4.69) is 5.32 Å². The predicted octanol–water partition coefficient (Wildman–Crippen LogP) is 1.89. The summed E-state index contributed by atoms with van der Waals surface area (Å²) >= 11 is 0. The Kier molecular flexibility index (Phi) is 3.38. The third-order valence-electron chi connectivity index (χ3n) is 3.38. The van der Waals surface area contributed by atoms with Gasteiger partial charge in [0.1, 0.15) is 5.69 Å². The van der Waals surface area contributed by atoms with E-state index in [0.717, 1.165) is 25.7 Å². The summed E-state index contributed by atoms with van der Waals surface area (Å²) in [6.45, 7) is 0.449. The smallest absolute Gasteiger partial charge is 0.292 e. The van der Waals surface area contributed by atoms with E-state index >= 15 is 0 Å². The monoisotopic (exact) mass is 251 g/mol. The van der Waals surface area contributed by atoms with Crippen molar-refractivity contribution in [1.82, 2.24) is 0 Å². The molecule has 2 rings (SSSR count). The maximum Gasteiger partial charge on any atom is 0.292 e. The van der Waals surface area contributed by atoms with Gasteiger partial charge in [0.15, 0.2) is 0 Å². The number of hydrogen-bond acceptors (Lipinski definition) is 5. The first-order valence-corrected chi connectivity index (χ1v) is 6.00. The van der Waals surface area contributed by atoms with E-state index in [0.29, 0.717) is 12.2 Å². The molecule has 1 aliphatic rings. The fraction of sp³-hybridized carbons (Fsp3) is 0.500. The molecule has 1 aliphatic carbocycles. The van der Waals surface area contributed by atoms with Crippen molar-refractivity contribution in [1.29, 1.82) is 0 Å². The lowest BCUT2D eigenvalue weighted by atomic mass is 10.0. The average molecular weight is 251 g/mol. The summed E-state index contributed by atoms with van der Waals surface area (Å²) in [6.07, 6.45) is 3.67. The first-order valence-electron chi connectivity index (χ1n) is 6.00. The van der Waals surface area contributed by atoms with E-state index < -0.39 is 10.5 Å². The third kappa shape index (κ3) is 2.70. The molecule has 6 nitrogen and oxygen atoms in total. The van der Waals surface area contributed by atoms with E-state index in [1.165, 1.54) is 12.1 Å². The van der Waals surface area contributed by atoms with Crippen LogP contribution in [0.1, 0.15) is 25.7 Å². The van der Waals surface area contributed by atoms with Crippen molar-refractivity contribution in [2.75, 3.05) is 17.6 Å². The van der Waals surface area contributed by atoms with E-state index in [1.54, 1.807) is 6.07 Å². The molecule has 18 heavy (non-hydrogen) atoms. The van der Waals surface area contributed by atoms with Crippen molar-refractivity contribution in [3.05, 3.63) is 28.3 Å². The molecule has 0 spiro atoms. The molecule has 1 aromatic rings. The van der Waals surface area contributed by atoms with Crippen LogP contribution in [0.25, 0.3) is 0 Å². The number of anilines is 2. The predicted molar refractivity (Wildman–Crippen MR) is 69.4 cm³/mol. The second-order valence-electron chi connectivity index (χ2n) is 4.82. The zero-order chi connectivity index (χ0) is 13.2. The maximum atomic E-state index is 10.6. The number of hydrogen-bond donors (Lipinski definition) is 3. The molecule has 0 aliphatic heterocycles. The lowest BCUT2D eigenvalue weighted by molar-refractivity contribution is -0.383. The Bertz CT molecular complexity index is 456. The number of nitrogens with two attached hydrogens (primary N) is 1. The minimum absolute atomic E-state index is 0.0971. The molecule has 0 radical (unpaired) electrons. The quantitative estimate of drug-likeness (QED) is 0.431. The molecular formula is C12H17N3O3. The molecule has 1 aromatic carbocycles. The molecule has 1 fully saturated rings. The minimum Gasteiger partial charge on any atom is -0.393 e. The molecule has 4 N–H and O–H groups in total. The van der Waals surface area contributed by atoms with Crippen LogP contribution in [0.3, 0.4) is 0 Å². The van der Waals surface area contributed by atoms with Crippen LogP contribution in [0.15, 0.2) is 18.2 Å². The molecule has 6 heteroatoms. The van der Waals surface area contributed by atoms with Gasteiger partial charge in [-0.05, 0) is 25.0 Å². The standard InChI is InChI=1S/C12H17N3O3/c13-10-7-9(3-4-11(10)15(17)18)14-8-12(16)5-1-2-6-12/h3-4,7,14,16H,1-2,5-6,8,13H2. The second-order valence-corrected chi connectivity index (χ2v) is 4.82. The Hall–Kier alpha value is -1.82. The molecule has 98 valence electrons. The number of nitrogens with zero attached hydrogens (tertiary/aromatic N) is 1. The minimum atomic E-state index is -0.656. The number of nitrogens with one attached hydrogen (secondary N) is 1. The first-order chi connectivity index (χ1) is 8.50. The summed E-state index contributed by atoms with van der Waals surface area (Å²) in [5, 5.41) is 23.9. The van der Waals surface area contributed by atoms with Crippen LogP contribution >= 0.6 is 0 Å². The fourth-order valence-electron chi connectivity index (χ4n) is 2.31. The first kappa shape index (κ1) is 12.6. The van der Waals surface area contributed by atoms with Gasteiger partial charge in [-0.25, -0.2) is 0 Å². The number of nitrogen functional groups attached to an aromatic ring is 1. The Morgan fingerprint density at radius 1 is 1.44 bits per heavy atom. The average Bonchev–Trinajstić information content (AvgIpc) is 2.74. The molecule has 0 amide bonds. The molecule has 0 bridgehead atoms. The van der Waals surface area contributed by atoms with Gasteiger partial charge < -0.3 is 16.2 Å². The largest absolute Gasteiger partial charge is 0.393 e. The van der Waals surface area contributed by atoms with Crippen LogP contribution in [0.4, 0.5) is 17.1 Å². The van der Waals surface area contributed by atoms with Crippen molar-refractivity contribution in [2.24, 2.45) is 0 Å². The Balaban J connectivity index is 2.02. The van der Waals surface area contributed by atoms with Crippen molar-refractivity contribution in [3.8, 4) is 0 Å². The molecule has 0 aromatic heterocycles. The van der Waals surface area contributed by atoms with Gasteiger partial charge in [0.25, 0.3) is 5.69 Å². The van der Waals surface area contributed by atoms with Gasteiger partial charge in [-0.2, -0.15) is 0 Å². The zero-order valence-corrected chi connectivity index (χ0v) is 10.1. The Morgan fingerprint density at radius 3 is 2.67 bits per heavy atom. The van der Waals surface area contributed by atoms with Gasteiger partial charge >= 0.3 is 0 Å². The van der Waals surface area contributed by atoms with Gasteiger partial charge in [-0.15, -0.1) is 0 Å².